The van der Waals surface area contributed by atoms with E-state index in [-0.39, 0.29) is 6.04 Å². The molecule has 23 heavy (non-hydrogen) atoms. The van der Waals surface area contributed by atoms with Gasteiger partial charge in [0.25, 0.3) is 0 Å². The minimum Gasteiger partial charge on any atom is -0.378 e. The van der Waals surface area contributed by atoms with Crippen molar-refractivity contribution in [3.05, 3.63) is 29.2 Å². The molecule has 3 nitrogen and oxygen atoms in total. The highest BCUT2D eigenvalue weighted by molar-refractivity contribution is 7.88. The molecule has 5 heteroatoms. The zero-order chi connectivity index (χ0) is 16.0. The van der Waals surface area contributed by atoms with E-state index in [1.165, 1.54) is 18.4 Å². The topological polar surface area (TPSA) is 32.3 Å². The van der Waals surface area contributed by atoms with Gasteiger partial charge in [0.1, 0.15) is 6.17 Å². The minimum atomic E-state index is -1.11. The van der Waals surface area contributed by atoms with E-state index in [9.17, 15) is 8.60 Å². The number of nitrogens with zero attached hydrogens (tertiary/aromatic N) is 1. The maximum Gasteiger partial charge on any atom is 0.133 e. The van der Waals surface area contributed by atoms with Crippen molar-refractivity contribution in [1.29, 1.82) is 0 Å². The van der Waals surface area contributed by atoms with Crippen LogP contribution in [0.25, 0.3) is 5.57 Å². The number of nitrogens with one attached hydrogen (secondary N) is 1. The van der Waals surface area contributed by atoms with Crippen LogP contribution in [0.3, 0.4) is 0 Å². The lowest BCUT2D eigenvalue weighted by molar-refractivity contribution is 0.149. The summed E-state index contributed by atoms with van der Waals surface area (Å²) in [7, 11) is 0.843. The molecule has 4 rings (SSSR count). The maximum atomic E-state index is 14.3. The van der Waals surface area contributed by atoms with Crippen LogP contribution >= 0.6 is 0 Å². The standard InChI is InChI=1S/C18H23FN2OS/c1-21-8-7-16(15(19)10-21)20-17-4-2-3-14-13(9-12-5-6-12)11-23(22)18(14)17/h2-4,11-12,15-16,20H,5-10H2,1H3/t15-,16-,23?/m1/s1. The Bertz CT molecular complexity index is 671. The fraction of sp³-hybridized carbons (Fsp3) is 0.556. The van der Waals surface area contributed by atoms with E-state index in [0.717, 1.165) is 41.5 Å². The van der Waals surface area contributed by atoms with Gasteiger partial charge in [0.2, 0.25) is 0 Å². The molecular formula is C18H23FN2OS. The molecule has 1 aliphatic carbocycles. The van der Waals surface area contributed by atoms with E-state index in [0.29, 0.717) is 6.54 Å². The van der Waals surface area contributed by atoms with Gasteiger partial charge in [0.15, 0.2) is 0 Å². The van der Waals surface area contributed by atoms with Crippen LogP contribution in [0.5, 0.6) is 0 Å². The molecule has 1 aromatic rings. The monoisotopic (exact) mass is 334 g/mol. The maximum absolute atomic E-state index is 14.3. The molecule has 0 aromatic heterocycles. The summed E-state index contributed by atoms with van der Waals surface area (Å²) in [5.41, 5.74) is 3.16. The summed E-state index contributed by atoms with van der Waals surface area (Å²) in [4.78, 5) is 2.88. The normalized spacial score (nSPS) is 30.9. The first-order valence-electron chi connectivity index (χ1n) is 8.45. The molecular weight excluding hydrogens is 311 g/mol. The molecule has 124 valence electrons. The van der Waals surface area contributed by atoms with E-state index in [1.807, 2.05) is 29.5 Å². The Labute approximate surface area is 139 Å². The second-order valence-electron chi connectivity index (χ2n) is 7.09. The highest BCUT2D eigenvalue weighted by atomic mass is 32.2. The van der Waals surface area contributed by atoms with Crippen molar-refractivity contribution in [3.63, 3.8) is 0 Å². The van der Waals surface area contributed by atoms with E-state index in [4.69, 9.17) is 0 Å². The zero-order valence-electron chi connectivity index (χ0n) is 13.4. The molecule has 1 saturated heterocycles. The van der Waals surface area contributed by atoms with Crippen LogP contribution in [-0.2, 0) is 10.8 Å². The largest absolute Gasteiger partial charge is 0.378 e. The molecule has 1 saturated carbocycles. The third kappa shape index (κ3) is 3.09. The van der Waals surface area contributed by atoms with Gasteiger partial charge < -0.3 is 10.2 Å². The van der Waals surface area contributed by atoms with Gasteiger partial charge in [-0.1, -0.05) is 12.1 Å². The van der Waals surface area contributed by atoms with Crippen molar-refractivity contribution in [2.45, 2.75) is 42.8 Å². The first-order valence-corrected chi connectivity index (χ1v) is 9.67. The van der Waals surface area contributed by atoms with Crippen molar-refractivity contribution >= 4 is 22.1 Å². The molecule has 3 atom stereocenters. The summed E-state index contributed by atoms with van der Waals surface area (Å²) in [6, 6.07) is 5.80. The first-order chi connectivity index (χ1) is 11.1. The van der Waals surface area contributed by atoms with E-state index in [1.54, 1.807) is 0 Å². The van der Waals surface area contributed by atoms with Gasteiger partial charge in [-0.15, -0.1) is 0 Å². The predicted octanol–water partition coefficient (Wildman–Crippen LogP) is 3.40. The number of rotatable bonds is 4. The van der Waals surface area contributed by atoms with Crippen LogP contribution in [0, 0.1) is 5.92 Å². The molecule has 1 N–H and O–H groups in total. The van der Waals surface area contributed by atoms with Crippen molar-refractivity contribution < 1.29 is 8.60 Å². The molecule has 0 radical (unpaired) electrons. The number of anilines is 1. The Morgan fingerprint density at radius 1 is 1.35 bits per heavy atom. The average Bonchev–Trinajstić information content (AvgIpc) is 3.27. The van der Waals surface area contributed by atoms with Gasteiger partial charge in [-0.25, -0.2) is 8.60 Å². The van der Waals surface area contributed by atoms with Crippen molar-refractivity contribution in [1.82, 2.24) is 4.90 Å². The molecule has 3 aliphatic rings. The fourth-order valence-electron chi connectivity index (χ4n) is 3.58. The van der Waals surface area contributed by atoms with Crippen LogP contribution < -0.4 is 5.32 Å². The predicted molar refractivity (Wildman–Crippen MR) is 92.6 cm³/mol. The summed E-state index contributed by atoms with van der Waals surface area (Å²) in [6.45, 7) is 1.35. The van der Waals surface area contributed by atoms with Gasteiger partial charge in [-0.05, 0) is 55.9 Å². The lowest BCUT2D eigenvalue weighted by Gasteiger charge is -2.33. The smallest absolute Gasteiger partial charge is 0.133 e. The molecule has 1 unspecified atom stereocenters. The molecule has 2 aliphatic heterocycles. The van der Waals surface area contributed by atoms with Crippen LogP contribution in [-0.4, -0.2) is 41.5 Å². The number of allylic oxidation sites excluding steroid dienone is 1. The number of fused-ring (bicyclic) bond motifs is 1. The first kappa shape index (κ1) is 15.3. The number of hydrogen-bond donors (Lipinski definition) is 1. The molecule has 0 amide bonds. The van der Waals surface area contributed by atoms with Gasteiger partial charge >= 0.3 is 0 Å². The van der Waals surface area contributed by atoms with Crippen LogP contribution in [0.1, 0.15) is 31.2 Å². The molecule has 1 aromatic carbocycles. The van der Waals surface area contributed by atoms with Gasteiger partial charge in [-0.3, -0.25) is 0 Å². The number of hydrogen-bond acceptors (Lipinski definition) is 3. The van der Waals surface area contributed by atoms with Crippen LogP contribution in [0.2, 0.25) is 0 Å². The number of piperidine rings is 1. The number of likely N-dealkylation sites (tertiary alicyclic amines) is 1. The zero-order valence-corrected chi connectivity index (χ0v) is 14.2. The SMILES string of the molecule is CN1CC[C@@H](Nc2cccc3c2S(=O)C=C3CC2CC2)[C@H](F)C1. The summed E-state index contributed by atoms with van der Waals surface area (Å²) in [5, 5.41) is 5.24. The Morgan fingerprint density at radius 2 is 2.17 bits per heavy atom. The highest BCUT2D eigenvalue weighted by Gasteiger charge is 2.32. The summed E-state index contributed by atoms with van der Waals surface area (Å²) >= 11 is 0. The quantitative estimate of drug-likeness (QED) is 0.916. The van der Waals surface area contributed by atoms with Gasteiger partial charge in [0.05, 0.1) is 27.4 Å². The Morgan fingerprint density at radius 3 is 2.91 bits per heavy atom. The molecule has 2 fully saturated rings. The second-order valence-corrected chi connectivity index (χ2v) is 8.33. The third-order valence-electron chi connectivity index (χ3n) is 5.10. The van der Waals surface area contributed by atoms with E-state index in [2.05, 4.69) is 11.4 Å². The third-order valence-corrected chi connectivity index (χ3v) is 6.44. The van der Waals surface area contributed by atoms with E-state index >= 15 is 0 Å². The fourth-order valence-corrected chi connectivity index (χ4v) is 4.94. The molecule has 0 spiro atoms. The number of alkyl halides is 1. The van der Waals surface area contributed by atoms with Gasteiger partial charge in [-0.2, -0.15) is 0 Å². The van der Waals surface area contributed by atoms with E-state index < -0.39 is 17.0 Å². The Kier molecular flexibility index (Phi) is 4.01. The average molecular weight is 334 g/mol. The van der Waals surface area contributed by atoms with Crippen molar-refractivity contribution in [2.75, 3.05) is 25.5 Å². The summed E-state index contributed by atoms with van der Waals surface area (Å²) in [6.07, 6.45) is 3.49. The van der Waals surface area contributed by atoms with Crippen molar-refractivity contribution in [2.24, 2.45) is 5.92 Å². The Balaban J connectivity index is 1.57. The van der Waals surface area contributed by atoms with Crippen molar-refractivity contribution in [3.8, 4) is 0 Å². The Hall–Kier alpha value is -1.20. The molecule has 2 heterocycles. The number of benzene rings is 1. The van der Waals surface area contributed by atoms with Crippen LogP contribution in [0.15, 0.2) is 28.5 Å². The summed E-state index contributed by atoms with van der Waals surface area (Å²) in [5.74, 6) is 0.768. The second kappa shape index (κ2) is 6.02. The van der Waals surface area contributed by atoms with Gasteiger partial charge in [0, 0.05) is 18.5 Å². The lowest BCUT2D eigenvalue weighted by atomic mass is 10.00. The molecule has 0 bridgehead atoms. The van der Waals surface area contributed by atoms with Crippen LogP contribution in [0.4, 0.5) is 10.1 Å². The minimum absolute atomic E-state index is 0.192. The lowest BCUT2D eigenvalue weighted by Crippen LogP contribution is -2.46. The highest BCUT2D eigenvalue weighted by Crippen LogP contribution is 2.44. The number of halogens is 1. The summed E-state index contributed by atoms with van der Waals surface area (Å²) < 4.78 is 26.9.